The Bertz CT molecular complexity index is 341. The van der Waals surface area contributed by atoms with E-state index in [1.54, 1.807) is 4.90 Å². The van der Waals surface area contributed by atoms with Crippen LogP contribution in [0, 0.1) is 5.41 Å². The van der Waals surface area contributed by atoms with Gasteiger partial charge in [-0.05, 0) is 46.0 Å². The second kappa shape index (κ2) is 5.92. The first-order valence-corrected chi connectivity index (χ1v) is 7.52. The van der Waals surface area contributed by atoms with Gasteiger partial charge in [0.2, 0.25) is 0 Å². The number of hydrogen-bond acceptors (Lipinski definition) is 3. The van der Waals surface area contributed by atoms with Crippen LogP contribution in [0.15, 0.2) is 0 Å². The summed E-state index contributed by atoms with van der Waals surface area (Å²) in [5.74, 6) is 0. The zero-order chi connectivity index (χ0) is 15.6. The molecule has 1 aliphatic heterocycles. The first kappa shape index (κ1) is 17.3. The quantitative estimate of drug-likeness (QED) is 0.791. The van der Waals surface area contributed by atoms with Crippen molar-refractivity contribution in [3.8, 4) is 0 Å². The molecule has 0 aliphatic carbocycles. The zero-order valence-corrected chi connectivity index (χ0v) is 14.2. The van der Waals surface area contributed by atoms with Gasteiger partial charge in [0.05, 0.1) is 12.1 Å². The fourth-order valence-corrected chi connectivity index (χ4v) is 2.14. The molecule has 20 heavy (non-hydrogen) atoms. The number of carbonyl (C=O) groups is 1. The van der Waals surface area contributed by atoms with Crippen molar-refractivity contribution in [3.05, 3.63) is 0 Å². The van der Waals surface area contributed by atoms with Crippen LogP contribution in [-0.2, 0) is 9.47 Å². The fourth-order valence-electron chi connectivity index (χ4n) is 2.14. The molecule has 1 unspecified atom stereocenters. The molecule has 1 saturated heterocycles. The third kappa shape index (κ3) is 6.12. The highest BCUT2D eigenvalue weighted by molar-refractivity contribution is 5.68. The number of hydrogen-bond donors (Lipinski definition) is 0. The predicted octanol–water partition coefficient (Wildman–Crippen LogP) is 3.84. The summed E-state index contributed by atoms with van der Waals surface area (Å²) in [7, 11) is 0. The van der Waals surface area contributed by atoms with Crippen molar-refractivity contribution in [1.29, 1.82) is 0 Å². The molecular formula is C16H31NO3. The number of ether oxygens (including phenoxy) is 2. The summed E-state index contributed by atoms with van der Waals surface area (Å²) >= 11 is 0. The molecule has 4 heteroatoms. The van der Waals surface area contributed by atoms with Gasteiger partial charge in [-0.25, -0.2) is 4.79 Å². The average Bonchev–Trinajstić information content (AvgIpc) is 2.56. The van der Waals surface area contributed by atoms with Gasteiger partial charge >= 0.3 is 6.09 Å². The molecule has 1 amide bonds. The topological polar surface area (TPSA) is 38.8 Å². The van der Waals surface area contributed by atoms with Gasteiger partial charge in [-0.1, -0.05) is 20.8 Å². The third-order valence-corrected chi connectivity index (χ3v) is 3.39. The molecule has 0 bridgehead atoms. The van der Waals surface area contributed by atoms with E-state index in [1.807, 2.05) is 20.8 Å². The van der Waals surface area contributed by atoms with Gasteiger partial charge in [0.1, 0.15) is 5.60 Å². The van der Waals surface area contributed by atoms with Crippen molar-refractivity contribution in [2.24, 2.45) is 5.41 Å². The van der Waals surface area contributed by atoms with Crippen molar-refractivity contribution in [2.45, 2.75) is 72.5 Å². The minimum atomic E-state index is -0.441. The Morgan fingerprint density at radius 2 is 1.80 bits per heavy atom. The molecule has 118 valence electrons. The van der Waals surface area contributed by atoms with Gasteiger partial charge < -0.3 is 14.4 Å². The standard InChI is InChI=1S/C16H31NO3/c1-14(2,3)9-11-19-16(7)8-10-17(12-16)13(18)20-15(4,5)6/h8-12H2,1-7H3. The first-order valence-electron chi connectivity index (χ1n) is 7.52. The average molecular weight is 285 g/mol. The van der Waals surface area contributed by atoms with Gasteiger partial charge in [-0.2, -0.15) is 0 Å². The van der Waals surface area contributed by atoms with Gasteiger partial charge in [0, 0.05) is 13.2 Å². The maximum Gasteiger partial charge on any atom is 0.410 e. The van der Waals surface area contributed by atoms with Crippen LogP contribution < -0.4 is 0 Å². The van der Waals surface area contributed by atoms with Crippen LogP contribution >= 0.6 is 0 Å². The number of likely N-dealkylation sites (tertiary alicyclic amines) is 1. The molecule has 0 aromatic heterocycles. The van der Waals surface area contributed by atoms with Crippen LogP contribution in [-0.4, -0.2) is 41.9 Å². The van der Waals surface area contributed by atoms with Gasteiger partial charge in [0.25, 0.3) is 0 Å². The lowest BCUT2D eigenvalue weighted by Gasteiger charge is -2.28. The highest BCUT2D eigenvalue weighted by atomic mass is 16.6. The van der Waals surface area contributed by atoms with E-state index in [-0.39, 0.29) is 17.1 Å². The van der Waals surface area contributed by atoms with E-state index < -0.39 is 5.60 Å². The highest BCUT2D eigenvalue weighted by Crippen LogP contribution is 2.28. The van der Waals surface area contributed by atoms with Crippen LogP contribution in [0.1, 0.15) is 61.3 Å². The maximum absolute atomic E-state index is 12.0. The Kier molecular flexibility index (Phi) is 5.12. The molecule has 0 saturated carbocycles. The van der Waals surface area contributed by atoms with Crippen LogP contribution in [0.3, 0.4) is 0 Å². The summed E-state index contributed by atoms with van der Waals surface area (Å²) < 4.78 is 11.4. The number of nitrogens with zero attached hydrogens (tertiary/aromatic N) is 1. The molecule has 1 aliphatic rings. The second-order valence-corrected chi connectivity index (χ2v) is 8.26. The van der Waals surface area contributed by atoms with Gasteiger partial charge in [-0.3, -0.25) is 0 Å². The molecule has 0 aromatic carbocycles. The molecule has 1 heterocycles. The smallest absolute Gasteiger partial charge is 0.410 e. The lowest BCUT2D eigenvalue weighted by atomic mass is 9.93. The summed E-state index contributed by atoms with van der Waals surface area (Å²) in [5.41, 5.74) is -0.398. The first-order chi connectivity index (χ1) is 8.90. The normalized spacial score (nSPS) is 24.1. The molecule has 1 rings (SSSR count). The van der Waals surface area contributed by atoms with Crippen molar-refractivity contribution in [1.82, 2.24) is 4.90 Å². The Balaban J connectivity index is 2.43. The van der Waals surface area contributed by atoms with Crippen LogP contribution in [0.25, 0.3) is 0 Å². The SMILES string of the molecule is CC(C)(C)CCOC1(C)CCN(C(=O)OC(C)(C)C)C1. The molecule has 0 N–H and O–H groups in total. The van der Waals surface area contributed by atoms with Crippen molar-refractivity contribution in [2.75, 3.05) is 19.7 Å². The summed E-state index contributed by atoms with van der Waals surface area (Å²) in [4.78, 5) is 13.8. The number of rotatable bonds is 3. The third-order valence-electron chi connectivity index (χ3n) is 3.39. The fraction of sp³-hybridized carbons (Fsp3) is 0.938. The highest BCUT2D eigenvalue weighted by Gasteiger charge is 2.38. The Labute approximate surface area is 123 Å². The van der Waals surface area contributed by atoms with E-state index in [4.69, 9.17) is 9.47 Å². The summed E-state index contributed by atoms with van der Waals surface area (Å²) in [6.45, 7) is 16.4. The Morgan fingerprint density at radius 3 is 2.30 bits per heavy atom. The molecule has 0 aromatic rings. The predicted molar refractivity (Wildman–Crippen MR) is 80.9 cm³/mol. The lowest BCUT2D eigenvalue weighted by Crippen LogP contribution is -2.39. The Morgan fingerprint density at radius 1 is 1.20 bits per heavy atom. The second-order valence-electron chi connectivity index (χ2n) is 8.26. The summed E-state index contributed by atoms with van der Waals surface area (Å²) in [6, 6.07) is 0. The van der Waals surface area contributed by atoms with Crippen LogP contribution in [0.4, 0.5) is 4.79 Å². The molecule has 1 fully saturated rings. The van der Waals surface area contributed by atoms with Crippen LogP contribution in [0.5, 0.6) is 0 Å². The van der Waals surface area contributed by atoms with Gasteiger partial charge in [0.15, 0.2) is 0 Å². The molecular weight excluding hydrogens is 254 g/mol. The largest absolute Gasteiger partial charge is 0.444 e. The van der Waals surface area contributed by atoms with E-state index >= 15 is 0 Å². The van der Waals surface area contributed by atoms with Crippen molar-refractivity contribution >= 4 is 6.09 Å². The molecule has 0 spiro atoms. The summed E-state index contributed by atoms with van der Waals surface area (Å²) in [6.07, 6.45) is 1.66. The van der Waals surface area contributed by atoms with E-state index in [0.717, 1.165) is 19.4 Å². The monoisotopic (exact) mass is 285 g/mol. The minimum Gasteiger partial charge on any atom is -0.444 e. The Hall–Kier alpha value is -0.770. The lowest BCUT2D eigenvalue weighted by molar-refractivity contribution is -0.0356. The molecule has 1 atom stereocenters. The van der Waals surface area contributed by atoms with Gasteiger partial charge in [-0.15, -0.1) is 0 Å². The van der Waals surface area contributed by atoms with E-state index in [2.05, 4.69) is 27.7 Å². The van der Waals surface area contributed by atoms with Crippen molar-refractivity contribution < 1.29 is 14.3 Å². The zero-order valence-electron chi connectivity index (χ0n) is 14.2. The molecule has 0 radical (unpaired) electrons. The number of amides is 1. The summed E-state index contributed by atoms with van der Waals surface area (Å²) in [5, 5.41) is 0. The minimum absolute atomic E-state index is 0.234. The van der Waals surface area contributed by atoms with E-state index in [9.17, 15) is 4.79 Å². The maximum atomic E-state index is 12.0. The van der Waals surface area contributed by atoms with E-state index in [0.29, 0.717) is 13.1 Å². The number of carbonyl (C=O) groups excluding carboxylic acids is 1. The van der Waals surface area contributed by atoms with Crippen LogP contribution in [0.2, 0.25) is 0 Å². The molecule has 4 nitrogen and oxygen atoms in total. The van der Waals surface area contributed by atoms with E-state index in [1.165, 1.54) is 0 Å². The van der Waals surface area contributed by atoms with Crippen molar-refractivity contribution in [3.63, 3.8) is 0 Å².